The van der Waals surface area contributed by atoms with Crippen molar-refractivity contribution in [3.05, 3.63) is 66.9 Å². The monoisotopic (exact) mass is 529 g/mol. The van der Waals surface area contributed by atoms with Gasteiger partial charge in [-0.1, -0.05) is 23.5 Å². The molecule has 3 aromatic rings. The number of hydrogen-bond donors (Lipinski definition) is 0. The lowest BCUT2D eigenvalue weighted by Crippen LogP contribution is -2.39. The van der Waals surface area contributed by atoms with Gasteiger partial charge in [0.1, 0.15) is 16.6 Å². The first-order valence-electron chi connectivity index (χ1n) is 9.50. The van der Waals surface area contributed by atoms with Crippen molar-refractivity contribution in [2.45, 2.75) is 25.1 Å². The molecule has 0 amide bonds. The Balaban J connectivity index is 1.60. The Morgan fingerprint density at radius 2 is 1.91 bits per heavy atom. The molecular formula is C20H15BrF3N3O4S. The number of nitro groups is 1. The SMILES string of the molecule is O=c1nc(N2CCC(Oc3ccccc3Br)CC2)sc2c([N+](=O)[O-])cc(C(F)(F)F)cc12. The minimum Gasteiger partial charge on any atom is -0.489 e. The first-order valence-corrected chi connectivity index (χ1v) is 11.1. The van der Waals surface area contributed by atoms with Crippen LogP contribution in [0.15, 0.2) is 45.7 Å². The lowest BCUT2D eigenvalue weighted by molar-refractivity contribution is -0.383. The molecule has 0 aliphatic carbocycles. The van der Waals surface area contributed by atoms with E-state index in [1.807, 2.05) is 24.3 Å². The number of nitrogens with zero attached hydrogens (tertiary/aromatic N) is 3. The molecule has 0 bridgehead atoms. The average molecular weight is 530 g/mol. The van der Waals surface area contributed by atoms with Gasteiger partial charge in [-0.2, -0.15) is 18.2 Å². The Morgan fingerprint density at radius 3 is 2.53 bits per heavy atom. The van der Waals surface area contributed by atoms with E-state index in [0.29, 0.717) is 38.1 Å². The molecule has 4 rings (SSSR count). The molecule has 2 aromatic carbocycles. The van der Waals surface area contributed by atoms with E-state index in [0.717, 1.165) is 21.6 Å². The summed E-state index contributed by atoms with van der Waals surface area (Å²) >= 11 is 4.28. The summed E-state index contributed by atoms with van der Waals surface area (Å²) in [6, 6.07) is 8.54. The number of hydrogen-bond acceptors (Lipinski definition) is 7. The summed E-state index contributed by atoms with van der Waals surface area (Å²) in [6.07, 6.45) is -3.64. The van der Waals surface area contributed by atoms with Crippen molar-refractivity contribution in [3.63, 3.8) is 0 Å². The van der Waals surface area contributed by atoms with Crippen LogP contribution in [0.1, 0.15) is 18.4 Å². The number of alkyl halides is 3. The molecule has 1 aliphatic rings. The third-order valence-corrected chi connectivity index (χ3v) is 6.88. The van der Waals surface area contributed by atoms with Gasteiger partial charge >= 0.3 is 6.18 Å². The quantitative estimate of drug-likeness (QED) is 0.332. The van der Waals surface area contributed by atoms with Gasteiger partial charge < -0.3 is 9.64 Å². The van der Waals surface area contributed by atoms with E-state index in [2.05, 4.69) is 20.9 Å². The number of aromatic nitrogens is 1. The number of anilines is 1. The van der Waals surface area contributed by atoms with E-state index in [1.54, 1.807) is 4.90 Å². The minimum absolute atomic E-state index is 0.0641. The van der Waals surface area contributed by atoms with Crippen molar-refractivity contribution in [1.29, 1.82) is 0 Å². The maximum Gasteiger partial charge on any atom is 0.416 e. The maximum atomic E-state index is 13.1. The molecule has 1 aliphatic heterocycles. The van der Waals surface area contributed by atoms with Crippen molar-refractivity contribution in [1.82, 2.24) is 4.98 Å². The first-order chi connectivity index (χ1) is 15.1. The molecule has 0 saturated carbocycles. The van der Waals surface area contributed by atoms with Gasteiger partial charge in [0, 0.05) is 32.0 Å². The fourth-order valence-electron chi connectivity index (χ4n) is 3.46. The average Bonchev–Trinajstić information content (AvgIpc) is 2.74. The van der Waals surface area contributed by atoms with Gasteiger partial charge in [-0.15, -0.1) is 0 Å². The van der Waals surface area contributed by atoms with E-state index in [1.165, 1.54) is 0 Å². The number of nitro benzene ring substituents is 1. The Bertz CT molecular complexity index is 1240. The van der Waals surface area contributed by atoms with Gasteiger partial charge in [-0.05, 0) is 34.1 Å². The number of benzene rings is 2. The van der Waals surface area contributed by atoms with Crippen LogP contribution in [0, 0.1) is 10.1 Å². The molecule has 0 unspecified atom stereocenters. The molecular weight excluding hydrogens is 515 g/mol. The summed E-state index contributed by atoms with van der Waals surface area (Å²) in [5, 5.41) is 11.3. The Kier molecular flexibility index (Phi) is 6.08. The highest BCUT2D eigenvalue weighted by Crippen LogP contribution is 2.38. The fraction of sp³-hybridized carbons (Fsp3) is 0.300. The standard InChI is InChI=1S/C20H15BrF3N3O4S/c21-14-3-1-2-4-16(14)31-12-5-7-26(8-6-12)19-25-18(28)13-9-11(20(22,23)24)10-15(27(29)30)17(13)32-19/h1-4,9-10,12H,5-8H2. The van der Waals surface area contributed by atoms with Crippen molar-refractivity contribution in [2.24, 2.45) is 0 Å². The van der Waals surface area contributed by atoms with Crippen molar-refractivity contribution in [2.75, 3.05) is 18.0 Å². The van der Waals surface area contributed by atoms with Crippen LogP contribution >= 0.6 is 27.3 Å². The summed E-state index contributed by atoms with van der Waals surface area (Å²) in [5.41, 5.74) is -2.93. The molecule has 0 spiro atoms. The number of halogens is 4. The van der Waals surface area contributed by atoms with Crippen molar-refractivity contribution in [3.8, 4) is 5.75 Å². The molecule has 7 nitrogen and oxygen atoms in total. The zero-order valence-electron chi connectivity index (χ0n) is 16.3. The van der Waals surface area contributed by atoms with Crippen LogP contribution in [0.3, 0.4) is 0 Å². The van der Waals surface area contributed by atoms with E-state index in [4.69, 9.17) is 4.74 Å². The highest BCUT2D eigenvalue weighted by molar-refractivity contribution is 9.10. The smallest absolute Gasteiger partial charge is 0.416 e. The molecule has 168 valence electrons. The molecule has 1 fully saturated rings. The van der Waals surface area contributed by atoms with Crippen molar-refractivity contribution >= 4 is 48.2 Å². The molecule has 0 radical (unpaired) electrons. The number of para-hydroxylation sites is 1. The van der Waals surface area contributed by atoms with E-state index in [-0.39, 0.29) is 15.9 Å². The predicted octanol–water partition coefficient (Wildman–Crippen LogP) is 5.39. The van der Waals surface area contributed by atoms with Gasteiger partial charge in [0.05, 0.1) is 20.3 Å². The van der Waals surface area contributed by atoms with Gasteiger partial charge in [-0.3, -0.25) is 14.9 Å². The van der Waals surface area contributed by atoms with E-state index < -0.39 is 33.3 Å². The maximum absolute atomic E-state index is 13.1. The molecule has 32 heavy (non-hydrogen) atoms. The Labute approximate surface area is 191 Å². The first kappa shape index (κ1) is 22.5. The lowest BCUT2D eigenvalue weighted by Gasteiger charge is -2.32. The Morgan fingerprint density at radius 1 is 1.22 bits per heavy atom. The third kappa shape index (κ3) is 4.56. The van der Waals surface area contributed by atoms with E-state index >= 15 is 0 Å². The summed E-state index contributed by atoms with van der Waals surface area (Å²) < 4.78 is 46.1. The zero-order chi connectivity index (χ0) is 23.0. The summed E-state index contributed by atoms with van der Waals surface area (Å²) in [6.45, 7) is 0.968. The molecule has 12 heteroatoms. The second-order valence-electron chi connectivity index (χ2n) is 7.16. The highest BCUT2D eigenvalue weighted by Gasteiger charge is 2.34. The summed E-state index contributed by atoms with van der Waals surface area (Å²) in [4.78, 5) is 28.7. The lowest BCUT2D eigenvalue weighted by atomic mass is 10.1. The van der Waals surface area contributed by atoms with E-state index in [9.17, 15) is 28.1 Å². The molecule has 1 saturated heterocycles. The van der Waals surface area contributed by atoms with Gasteiger partial charge in [0.2, 0.25) is 0 Å². The fourth-order valence-corrected chi connectivity index (χ4v) is 4.96. The minimum atomic E-state index is -4.82. The number of rotatable bonds is 4. The predicted molar refractivity (Wildman–Crippen MR) is 118 cm³/mol. The Hall–Kier alpha value is -2.73. The van der Waals surface area contributed by atoms with Crippen LogP contribution in [0.2, 0.25) is 0 Å². The number of fused-ring (bicyclic) bond motifs is 1. The topological polar surface area (TPSA) is 85.6 Å². The zero-order valence-corrected chi connectivity index (χ0v) is 18.7. The second-order valence-corrected chi connectivity index (χ2v) is 9.00. The highest BCUT2D eigenvalue weighted by atomic mass is 79.9. The molecule has 1 aromatic heterocycles. The van der Waals surface area contributed by atoms with Crippen LogP contribution in [0.4, 0.5) is 24.0 Å². The van der Waals surface area contributed by atoms with Gasteiger partial charge in [0.25, 0.3) is 11.2 Å². The van der Waals surface area contributed by atoms with Crippen LogP contribution in [-0.2, 0) is 6.18 Å². The number of ether oxygens (including phenoxy) is 1. The molecule has 0 N–H and O–H groups in total. The third-order valence-electron chi connectivity index (χ3n) is 5.06. The van der Waals surface area contributed by atoms with Crippen LogP contribution < -0.4 is 15.2 Å². The summed E-state index contributed by atoms with van der Waals surface area (Å²) in [5.74, 6) is 0.718. The number of piperidine rings is 1. The van der Waals surface area contributed by atoms with Crippen LogP contribution in [-0.4, -0.2) is 29.1 Å². The normalized spacial score (nSPS) is 15.2. The van der Waals surface area contributed by atoms with Crippen LogP contribution in [0.5, 0.6) is 5.75 Å². The molecule has 2 heterocycles. The van der Waals surface area contributed by atoms with Gasteiger partial charge in [0.15, 0.2) is 5.13 Å². The number of non-ortho nitro benzene ring substituents is 1. The largest absolute Gasteiger partial charge is 0.489 e. The van der Waals surface area contributed by atoms with Crippen molar-refractivity contribution < 1.29 is 22.8 Å². The van der Waals surface area contributed by atoms with Gasteiger partial charge in [-0.25, -0.2) is 0 Å². The second kappa shape index (κ2) is 8.66. The molecule has 0 atom stereocenters. The summed E-state index contributed by atoms with van der Waals surface area (Å²) in [7, 11) is 0. The van der Waals surface area contributed by atoms with Crippen LogP contribution in [0.25, 0.3) is 10.1 Å².